The Morgan fingerprint density at radius 3 is 2.92 bits per heavy atom. The minimum atomic E-state index is -0.0951. The van der Waals surface area contributed by atoms with Crippen LogP contribution >= 0.6 is 11.8 Å². The Bertz CT molecular complexity index is 218. The smallest absolute Gasteiger partial charge is 0.235 e. The predicted molar refractivity (Wildman–Crippen MR) is 49.4 cm³/mol. The number of nitrogens with zero attached hydrogens (tertiary/aromatic N) is 2. The van der Waals surface area contributed by atoms with Crippen LogP contribution in [0.15, 0.2) is 5.10 Å². The fraction of sp³-hybridized carbons (Fsp3) is 0.667. The van der Waals surface area contributed by atoms with E-state index in [0.717, 1.165) is 13.0 Å². The maximum absolute atomic E-state index is 11.3. The maximum Gasteiger partial charge on any atom is 0.235 e. The molecule has 0 bridgehead atoms. The Balaban J connectivity index is 2.50. The van der Waals surface area contributed by atoms with Crippen LogP contribution in [0.2, 0.25) is 0 Å². The topological polar surface area (TPSA) is 84.7 Å². The number of carbonyl (C=O) groups is 1. The summed E-state index contributed by atoms with van der Waals surface area (Å²) >= 11 is 1.23. The maximum atomic E-state index is 11.3. The van der Waals surface area contributed by atoms with Gasteiger partial charge in [-0.15, -0.1) is 0 Å². The van der Waals surface area contributed by atoms with Crippen molar-refractivity contribution >= 4 is 22.8 Å². The quantitative estimate of drug-likeness (QED) is 0.243. The second-order valence-corrected chi connectivity index (χ2v) is 3.85. The Kier molecular flexibility index (Phi) is 2.80. The second-order valence-electron chi connectivity index (χ2n) is 2.62. The third-order valence-electron chi connectivity index (χ3n) is 1.77. The molecule has 0 saturated carbocycles. The Morgan fingerprint density at radius 1 is 1.83 bits per heavy atom. The van der Waals surface area contributed by atoms with Crippen molar-refractivity contribution in [3.8, 4) is 0 Å². The van der Waals surface area contributed by atoms with Crippen LogP contribution in [0.25, 0.3) is 0 Å². The van der Waals surface area contributed by atoms with E-state index in [2.05, 4.69) is 5.10 Å². The van der Waals surface area contributed by atoms with Gasteiger partial charge in [0.25, 0.3) is 0 Å². The largest absolute Gasteiger partial charge is 0.377 e. The average Bonchev–Trinajstić information content (AvgIpc) is 2.36. The van der Waals surface area contributed by atoms with E-state index in [0.29, 0.717) is 0 Å². The van der Waals surface area contributed by atoms with E-state index in [9.17, 15) is 4.79 Å². The Morgan fingerprint density at radius 2 is 2.50 bits per heavy atom. The molecule has 6 heteroatoms. The minimum Gasteiger partial charge on any atom is -0.377 e. The van der Waals surface area contributed by atoms with Gasteiger partial charge in [-0.1, -0.05) is 11.8 Å². The van der Waals surface area contributed by atoms with E-state index < -0.39 is 0 Å². The number of nitrogens with two attached hydrogens (primary N) is 2. The summed E-state index contributed by atoms with van der Waals surface area (Å²) in [5, 5.41) is 3.47. The zero-order chi connectivity index (χ0) is 9.14. The first-order chi connectivity index (χ1) is 5.65. The summed E-state index contributed by atoms with van der Waals surface area (Å²) in [6, 6.07) is 0. The first-order valence-electron chi connectivity index (χ1n) is 3.60. The van der Waals surface area contributed by atoms with Gasteiger partial charge >= 0.3 is 0 Å². The number of hydrogen-bond acceptors (Lipinski definition) is 4. The van der Waals surface area contributed by atoms with Gasteiger partial charge in [-0.3, -0.25) is 4.79 Å². The molecule has 1 aliphatic heterocycles. The van der Waals surface area contributed by atoms with Crippen molar-refractivity contribution in [2.75, 3.05) is 13.6 Å². The highest BCUT2D eigenvalue weighted by Crippen LogP contribution is 2.22. The number of carbonyl (C=O) groups excluding carboxylic acids is 1. The summed E-state index contributed by atoms with van der Waals surface area (Å²) in [7, 11) is 1.78. The number of hydrogen-bond donors (Lipinski definition) is 2. The Labute approximate surface area is 75.1 Å². The lowest BCUT2D eigenvalue weighted by atomic mass is 10.4. The highest BCUT2D eigenvalue weighted by Gasteiger charge is 2.30. The van der Waals surface area contributed by atoms with Gasteiger partial charge in [0.05, 0.1) is 5.25 Å². The van der Waals surface area contributed by atoms with Crippen LogP contribution in [0.4, 0.5) is 0 Å². The first-order valence-corrected chi connectivity index (χ1v) is 4.48. The molecular weight excluding hydrogens is 176 g/mol. The molecule has 4 N–H and O–H groups in total. The molecule has 1 aliphatic rings. The number of amidine groups is 1. The van der Waals surface area contributed by atoms with Crippen LogP contribution in [-0.4, -0.2) is 34.8 Å². The van der Waals surface area contributed by atoms with Crippen molar-refractivity contribution in [2.24, 2.45) is 16.7 Å². The van der Waals surface area contributed by atoms with Crippen molar-refractivity contribution in [3.63, 3.8) is 0 Å². The molecule has 0 aromatic rings. The molecule has 1 atom stereocenters. The van der Waals surface area contributed by atoms with Crippen LogP contribution in [-0.2, 0) is 4.79 Å². The van der Waals surface area contributed by atoms with Crippen molar-refractivity contribution in [2.45, 2.75) is 11.7 Å². The number of likely N-dealkylation sites (tertiary alicyclic amines) is 1. The summed E-state index contributed by atoms with van der Waals surface area (Å²) in [5.74, 6) is 5.05. The molecule has 1 saturated heterocycles. The number of thioether (sulfide) groups is 1. The summed E-state index contributed by atoms with van der Waals surface area (Å²) in [5.41, 5.74) is 5.38. The average molecular weight is 188 g/mol. The number of rotatable bonds is 1. The Hall–Kier alpha value is -0.910. The van der Waals surface area contributed by atoms with Gasteiger partial charge in [-0.05, 0) is 6.42 Å². The van der Waals surface area contributed by atoms with Crippen LogP contribution in [0.5, 0.6) is 0 Å². The molecule has 1 heterocycles. The van der Waals surface area contributed by atoms with E-state index in [-0.39, 0.29) is 16.3 Å². The van der Waals surface area contributed by atoms with E-state index in [4.69, 9.17) is 11.6 Å². The van der Waals surface area contributed by atoms with Gasteiger partial charge in [0.15, 0.2) is 5.17 Å². The molecule has 1 amide bonds. The standard InChI is InChI=1S/C6H12N4OS/c1-10-3-2-4(5(10)11)12-6(7)9-8/h4H,2-3,8H2,1H3,(H2,7,9). The van der Waals surface area contributed by atoms with Crippen molar-refractivity contribution in [1.29, 1.82) is 0 Å². The molecule has 5 nitrogen and oxygen atoms in total. The fourth-order valence-corrected chi connectivity index (χ4v) is 1.93. The lowest BCUT2D eigenvalue weighted by molar-refractivity contribution is -0.126. The van der Waals surface area contributed by atoms with Crippen molar-refractivity contribution < 1.29 is 4.79 Å². The fourth-order valence-electron chi connectivity index (χ4n) is 1.08. The zero-order valence-electron chi connectivity index (χ0n) is 6.86. The molecule has 1 unspecified atom stereocenters. The lowest BCUT2D eigenvalue weighted by Crippen LogP contribution is -2.26. The molecule has 0 aliphatic carbocycles. The van der Waals surface area contributed by atoms with Crippen LogP contribution < -0.4 is 11.6 Å². The second kappa shape index (κ2) is 3.66. The van der Waals surface area contributed by atoms with Crippen LogP contribution in [0, 0.1) is 0 Å². The highest BCUT2D eigenvalue weighted by atomic mass is 32.2. The van der Waals surface area contributed by atoms with Gasteiger partial charge < -0.3 is 16.5 Å². The first kappa shape index (κ1) is 9.18. The third kappa shape index (κ3) is 1.82. The molecule has 12 heavy (non-hydrogen) atoms. The van der Waals surface area contributed by atoms with Gasteiger partial charge in [-0.25, -0.2) is 0 Å². The molecule has 0 spiro atoms. The van der Waals surface area contributed by atoms with Crippen LogP contribution in [0.3, 0.4) is 0 Å². The van der Waals surface area contributed by atoms with E-state index in [1.807, 2.05) is 0 Å². The van der Waals surface area contributed by atoms with Gasteiger partial charge in [0, 0.05) is 13.6 Å². The SMILES string of the molecule is CN1CCC(SC(N)=NN)C1=O. The van der Waals surface area contributed by atoms with E-state index in [1.165, 1.54) is 11.8 Å². The predicted octanol–water partition coefficient (Wildman–Crippen LogP) is -0.861. The van der Waals surface area contributed by atoms with Crippen molar-refractivity contribution in [1.82, 2.24) is 4.90 Å². The lowest BCUT2D eigenvalue weighted by Gasteiger charge is -2.08. The molecule has 0 radical (unpaired) electrons. The number of amides is 1. The summed E-state index contributed by atoms with van der Waals surface area (Å²) < 4.78 is 0. The molecule has 1 fully saturated rings. The van der Waals surface area contributed by atoms with Gasteiger partial charge in [0.2, 0.25) is 5.91 Å². The third-order valence-corrected chi connectivity index (χ3v) is 2.84. The van der Waals surface area contributed by atoms with Gasteiger partial charge in [0.1, 0.15) is 0 Å². The molecule has 68 valence electrons. The van der Waals surface area contributed by atoms with Crippen LogP contribution in [0.1, 0.15) is 6.42 Å². The molecule has 1 rings (SSSR count). The summed E-state index contributed by atoms with van der Waals surface area (Å²) in [6.07, 6.45) is 0.816. The monoisotopic (exact) mass is 188 g/mol. The molecular formula is C6H12N4OS. The van der Waals surface area contributed by atoms with Crippen molar-refractivity contribution in [3.05, 3.63) is 0 Å². The van der Waals surface area contributed by atoms with E-state index >= 15 is 0 Å². The normalized spacial score (nSPS) is 25.1. The number of hydrazone groups is 1. The van der Waals surface area contributed by atoms with Gasteiger partial charge in [-0.2, -0.15) is 5.10 Å². The molecule has 0 aromatic carbocycles. The van der Waals surface area contributed by atoms with E-state index in [1.54, 1.807) is 11.9 Å². The summed E-state index contributed by atoms with van der Waals surface area (Å²) in [6.45, 7) is 0.786. The molecule has 0 aromatic heterocycles. The highest BCUT2D eigenvalue weighted by molar-refractivity contribution is 8.14. The minimum absolute atomic E-state index is 0.0951. The zero-order valence-corrected chi connectivity index (χ0v) is 7.67. The summed E-state index contributed by atoms with van der Waals surface area (Å²) in [4.78, 5) is 13.0.